The van der Waals surface area contributed by atoms with Gasteiger partial charge in [0.2, 0.25) is 0 Å². The van der Waals surface area contributed by atoms with Crippen LogP contribution >= 0.6 is 0 Å². The van der Waals surface area contributed by atoms with Gasteiger partial charge in [-0.2, -0.15) is 0 Å². The van der Waals surface area contributed by atoms with E-state index in [0.29, 0.717) is 0 Å². The molecule has 2 aromatic heterocycles. The van der Waals surface area contributed by atoms with Gasteiger partial charge in [0.15, 0.2) is 0 Å². The predicted molar refractivity (Wildman–Crippen MR) is 240 cm³/mol. The number of benzene rings is 11. The topological polar surface area (TPSA) is 9.86 Å². The summed E-state index contributed by atoms with van der Waals surface area (Å²) in [5.74, 6) is 0. The summed E-state index contributed by atoms with van der Waals surface area (Å²) in [6, 6.07) is 72.1. The van der Waals surface area contributed by atoms with Crippen LogP contribution in [-0.4, -0.2) is 9.13 Å². The zero-order valence-corrected chi connectivity index (χ0v) is 30.4. The zero-order chi connectivity index (χ0) is 36.5. The van der Waals surface area contributed by atoms with Crippen molar-refractivity contribution in [2.24, 2.45) is 0 Å². The number of nitrogens with zero attached hydrogens (tertiary/aromatic N) is 2. The number of hydrogen-bond acceptors (Lipinski definition) is 0. The van der Waals surface area contributed by atoms with E-state index in [2.05, 4.69) is 203 Å². The van der Waals surface area contributed by atoms with Crippen molar-refractivity contribution in [3.8, 4) is 11.4 Å². The minimum absolute atomic E-state index is 1.17. The normalized spacial score (nSPS) is 12.3. The molecule has 13 rings (SSSR count). The van der Waals surface area contributed by atoms with Crippen LogP contribution in [0, 0.1) is 0 Å². The molecule has 0 bridgehead atoms. The van der Waals surface area contributed by atoms with E-state index in [9.17, 15) is 0 Å². The highest BCUT2D eigenvalue weighted by Gasteiger charge is 2.20. The van der Waals surface area contributed by atoms with E-state index in [4.69, 9.17) is 0 Å². The third-order valence-electron chi connectivity index (χ3n) is 12.4. The van der Waals surface area contributed by atoms with Crippen LogP contribution in [0.4, 0.5) is 0 Å². The Hall–Kier alpha value is -7.42. The van der Waals surface area contributed by atoms with Crippen LogP contribution in [0.5, 0.6) is 0 Å². The lowest BCUT2D eigenvalue weighted by Crippen LogP contribution is -1.95. The molecule has 0 N–H and O–H groups in total. The van der Waals surface area contributed by atoms with Gasteiger partial charge in [0.1, 0.15) is 0 Å². The lowest BCUT2D eigenvalue weighted by molar-refractivity contribution is 1.18. The molecule has 258 valence electrons. The first-order chi connectivity index (χ1) is 27.8. The van der Waals surface area contributed by atoms with Gasteiger partial charge in [-0.15, -0.1) is 0 Å². The van der Waals surface area contributed by atoms with Gasteiger partial charge in [0.25, 0.3) is 0 Å². The van der Waals surface area contributed by atoms with E-state index in [0.717, 1.165) is 0 Å². The van der Waals surface area contributed by atoms with Crippen LogP contribution in [0.1, 0.15) is 0 Å². The third kappa shape index (κ3) is 3.95. The second-order valence-corrected chi connectivity index (χ2v) is 15.2. The maximum atomic E-state index is 2.48. The first kappa shape index (κ1) is 30.0. The number of hydrogen-bond donors (Lipinski definition) is 0. The SMILES string of the molecule is c1ccc2c(c1)c1ccccc1c1cc(-n3c4ccccc4c4cc5c(cc43)c3ccccc3n5-c3ccc4c5ccccc5c5ccccc5c4c3)ccc21. The molecule has 2 heteroatoms. The molecule has 0 fully saturated rings. The van der Waals surface area contributed by atoms with Crippen molar-refractivity contribution < 1.29 is 0 Å². The van der Waals surface area contributed by atoms with Crippen molar-refractivity contribution in [1.29, 1.82) is 0 Å². The Balaban J connectivity index is 1.11. The molecule has 56 heavy (non-hydrogen) atoms. The molecule has 0 aliphatic carbocycles. The molecule has 11 aromatic carbocycles. The molecule has 0 amide bonds. The first-order valence-corrected chi connectivity index (χ1v) is 19.4. The minimum Gasteiger partial charge on any atom is -0.309 e. The molecule has 0 spiro atoms. The summed E-state index contributed by atoms with van der Waals surface area (Å²) >= 11 is 0. The maximum Gasteiger partial charge on any atom is 0.0548 e. The number of fused-ring (bicyclic) bond motifs is 18. The van der Waals surface area contributed by atoms with Crippen LogP contribution in [0.2, 0.25) is 0 Å². The first-order valence-electron chi connectivity index (χ1n) is 19.4. The van der Waals surface area contributed by atoms with Crippen molar-refractivity contribution in [2.75, 3.05) is 0 Å². The molecular weight excluding hydrogens is 677 g/mol. The molecule has 0 saturated heterocycles. The molecule has 0 saturated carbocycles. The summed E-state index contributed by atoms with van der Waals surface area (Å²) in [5, 5.41) is 20.4. The Morgan fingerprint density at radius 2 is 0.446 bits per heavy atom. The summed E-state index contributed by atoms with van der Waals surface area (Å²) in [5.41, 5.74) is 7.17. The van der Waals surface area contributed by atoms with Crippen LogP contribution in [0.15, 0.2) is 194 Å². The van der Waals surface area contributed by atoms with Crippen molar-refractivity contribution in [3.05, 3.63) is 194 Å². The Morgan fingerprint density at radius 3 is 0.786 bits per heavy atom. The molecule has 13 aromatic rings. The van der Waals surface area contributed by atoms with Crippen molar-refractivity contribution in [1.82, 2.24) is 9.13 Å². The Morgan fingerprint density at radius 1 is 0.179 bits per heavy atom. The van der Waals surface area contributed by atoms with Crippen molar-refractivity contribution in [3.63, 3.8) is 0 Å². The molecule has 2 nitrogen and oxygen atoms in total. The summed E-state index contributed by atoms with van der Waals surface area (Å²) in [6.07, 6.45) is 0. The van der Waals surface area contributed by atoms with Crippen LogP contribution in [0.3, 0.4) is 0 Å². The van der Waals surface area contributed by atoms with Gasteiger partial charge < -0.3 is 9.13 Å². The lowest BCUT2D eigenvalue weighted by atomic mass is 9.94. The van der Waals surface area contributed by atoms with Gasteiger partial charge in [0.05, 0.1) is 22.1 Å². The highest BCUT2D eigenvalue weighted by molar-refractivity contribution is 6.27. The monoisotopic (exact) mass is 708 g/mol. The van der Waals surface area contributed by atoms with Crippen molar-refractivity contribution >= 4 is 108 Å². The van der Waals surface area contributed by atoms with E-state index >= 15 is 0 Å². The average Bonchev–Trinajstić information content (AvgIpc) is 3.77. The van der Waals surface area contributed by atoms with Gasteiger partial charge in [-0.25, -0.2) is 0 Å². The maximum absolute atomic E-state index is 2.48. The van der Waals surface area contributed by atoms with Gasteiger partial charge >= 0.3 is 0 Å². The van der Waals surface area contributed by atoms with Crippen LogP contribution in [-0.2, 0) is 0 Å². The van der Waals surface area contributed by atoms with Crippen LogP contribution in [0.25, 0.3) is 120 Å². The quantitative estimate of drug-likeness (QED) is 0.158. The van der Waals surface area contributed by atoms with E-state index in [-0.39, 0.29) is 0 Å². The number of aromatic nitrogens is 2. The lowest BCUT2D eigenvalue weighted by Gasteiger charge is -2.14. The molecule has 0 radical (unpaired) electrons. The number of para-hydroxylation sites is 2. The molecule has 0 unspecified atom stereocenters. The third-order valence-corrected chi connectivity index (χ3v) is 12.4. The second kappa shape index (κ2) is 11.1. The fourth-order valence-corrected chi connectivity index (χ4v) is 10.1. The highest BCUT2D eigenvalue weighted by Crippen LogP contribution is 2.43. The summed E-state index contributed by atoms with van der Waals surface area (Å²) in [6.45, 7) is 0. The van der Waals surface area contributed by atoms with Crippen LogP contribution < -0.4 is 0 Å². The molecule has 0 atom stereocenters. The van der Waals surface area contributed by atoms with E-state index in [1.807, 2.05) is 0 Å². The molecule has 0 aliphatic heterocycles. The fraction of sp³-hybridized carbons (Fsp3) is 0. The summed E-state index contributed by atoms with van der Waals surface area (Å²) in [7, 11) is 0. The smallest absolute Gasteiger partial charge is 0.0548 e. The summed E-state index contributed by atoms with van der Waals surface area (Å²) in [4.78, 5) is 0. The molecule has 2 heterocycles. The zero-order valence-electron chi connectivity index (χ0n) is 30.4. The van der Waals surface area contributed by atoms with Gasteiger partial charge in [-0.3, -0.25) is 0 Å². The Labute approximate surface area is 321 Å². The Bertz CT molecular complexity index is 3500. The van der Waals surface area contributed by atoms with E-state index in [1.165, 1.54) is 120 Å². The molecule has 0 aliphatic rings. The highest BCUT2D eigenvalue weighted by atomic mass is 15.0. The van der Waals surface area contributed by atoms with E-state index in [1.54, 1.807) is 0 Å². The minimum atomic E-state index is 1.17. The fourth-order valence-electron chi connectivity index (χ4n) is 10.1. The van der Waals surface area contributed by atoms with Gasteiger partial charge in [0, 0.05) is 32.9 Å². The average molecular weight is 709 g/mol. The molecular formula is C54H32N2. The van der Waals surface area contributed by atoms with Gasteiger partial charge in [-0.05, 0) is 113 Å². The van der Waals surface area contributed by atoms with Crippen molar-refractivity contribution in [2.45, 2.75) is 0 Å². The van der Waals surface area contributed by atoms with E-state index < -0.39 is 0 Å². The number of rotatable bonds is 2. The summed E-state index contributed by atoms with van der Waals surface area (Å²) < 4.78 is 4.96. The standard InChI is InChI=1S/C54H32N2/c1-3-17-39-35(13-1)37-15-5-7-19-41(37)47-29-33(25-27-43(39)47)55-51-23-11-9-21-45(51)49-32-54-50(31-53(49)55)46-22-10-12-24-52(46)56(54)34-26-28-44-40-18-4-2-14-36(40)38-16-6-8-20-42(38)48(44)30-34/h1-32H. The van der Waals surface area contributed by atoms with Gasteiger partial charge in [-0.1, -0.05) is 146 Å². The predicted octanol–water partition coefficient (Wildman–Crippen LogP) is 14.8. The Kier molecular flexibility index (Phi) is 5.92. The second-order valence-electron chi connectivity index (χ2n) is 15.2. The largest absolute Gasteiger partial charge is 0.309 e.